The van der Waals surface area contributed by atoms with Crippen LogP contribution in [0.5, 0.6) is 0 Å². The lowest BCUT2D eigenvalue weighted by molar-refractivity contribution is -0.143. The van der Waals surface area contributed by atoms with E-state index in [0.29, 0.717) is 25.4 Å². The summed E-state index contributed by atoms with van der Waals surface area (Å²) in [5, 5.41) is 7.09. The first-order valence-corrected chi connectivity index (χ1v) is 5.33. The van der Waals surface area contributed by atoms with Crippen LogP contribution in [-0.4, -0.2) is 22.8 Å². The highest BCUT2D eigenvalue weighted by atomic mass is 16.5. The van der Waals surface area contributed by atoms with Gasteiger partial charge in [0, 0.05) is 5.69 Å². The number of rotatable bonds is 5. The van der Waals surface area contributed by atoms with Gasteiger partial charge in [-0.3, -0.25) is 9.89 Å². The van der Waals surface area contributed by atoms with E-state index in [9.17, 15) is 4.79 Å². The molecule has 1 N–H and O–H groups in total. The van der Waals surface area contributed by atoms with E-state index in [0.717, 1.165) is 11.4 Å². The summed E-state index contributed by atoms with van der Waals surface area (Å²) in [7, 11) is 0. The summed E-state index contributed by atoms with van der Waals surface area (Å²) in [5.74, 6) is 0.260. The first-order valence-electron chi connectivity index (χ1n) is 5.33. The monoisotopic (exact) mass is 210 g/mol. The third kappa shape index (κ3) is 3.73. The number of H-pyrrole nitrogens is 1. The van der Waals surface area contributed by atoms with Crippen LogP contribution >= 0.6 is 0 Å². The van der Waals surface area contributed by atoms with Gasteiger partial charge < -0.3 is 4.74 Å². The number of aryl methyl sites for hydroxylation is 1. The number of hydrogen-bond acceptors (Lipinski definition) is 3. The van der Waals surface area contributed by atoms with E-state index < -0.39 is 0 Å². The second-order valence-electron chi connectivity index (χ2n) is 3.78. The number of aromatic amines is 1. The molecule has 0 aromatic carbocycles. The van der Waals surface area contributed by atoms with Gasteiger partial charge in [-0.05, 0) is 25.3 Å². The fourth-order valence-electron chi connectivity index (χ4n) is 1.27. The van der Waals surface area contributed by atoms with Crippen molar-refractivity contribution in [1.82, 2.24) is 10.2 Å². The van der Waals surface area contributed by atoms with E-state index in [2.05, 4.69) is 24.0 Å². The Hall–Kier alpha value is -1.32. The number of aromatic nitrogens is 2. The first-order chi connectivity index (χ1) is 7.13. The summed E-state index contributed by atoms with van der Waals surface area (Å²) >= 11 is 0. The molecular weight excluding hydrogens is 192 g/mol. The van der Waals surface area contributed by atoms with Crippen molar-refractivity contribution < 1.29 is 9.53 Å². The molecule has 0 bridgehead atoms. The van der Waals surface area contributed by atoms with E-state index in [1.54, 1.807) is 0 Å². The summed E-state index contributed by atoms with van der Waals surface area (Å²) in [6.07, 6.45) is 1.08. The molecule has 1 rings (SSSR count). The third-order valence-electron chi connectivity index (χ3n) is 2.15. The second kappa shape index (κ2) is 5.53. The molecule has 1 aromatic rings. The van der Waals surface area contributed by atoms with E-state index in [1.165, 1.54) is 0 Å². The Morgan fingerprint density at radius 3 is 2.87 bits per heavy atom. The topological polar surface area (TPSA) is 55.0 Å². The van der Waals surface area contributed by atoms with Crippen LogP contribution in [0.15, 0.2) is 6.07 Å². The van der Waals surface area contributed by atoms with Gasteiger partial charge in [0.05, 0.1) is 18.7 Å². The Morgan fingerprint density at radius 1 is 1.60 bits per heavy atom. The molecule has 0 aliphatic rings. The van der Waals surface area contributed by atoms with Gasteiger partial charge in [-0.15, -0.1) is 0 Å². The van der Waals surface area contributed by atoms with E-state index in [-0.39, 0.29) is 5.97 Å². The van der Waals surface area contributed by atoms with Crippen LogP contribution in [0, 0.1) is 0 Å². The van der Waals surface area contributed by atoms with Crippen molar-refractivity contribution in [2.45, 2.75) is 39.5 Å². The Morgan fingerprint density at radius 2 is 2.33 bits per heavy atom. The molecule has 4 heteroatoms. The normalized spacial score (nSPS) is 10.7. The summed E-state index contributed by atoms with van der Waals surface area (Å²) in [6, 6.07) is 2.00. The molecule has 0 aliphatic carbocycles. The maximum absolute atomic E-state index is 11.1. The fourth-order valence-corrected chi connectivity index (χ4v) is 1.27. The molecule has 0 saturated carbocycles. The number of esters is 1. The van der Waals surface area contributed by atoms with Crippen LogP contribution in [0.1, 0.15) is 44.5 Å². The van der Waals surface area contributed by atoms with Crippen LogP contribution in [0.4, 0.5) is 0 Å². The zero-order valence-electron chi connectivity index (χ0n) is 9.54. The van der Waals surface area contributed by atoms with Gasteiger partial charge in [0.1, 0.15) is 0 Å². The average molecular weight is 210 g/mol. The van der Waals surface area contributed by atoms with Crippen LogP contribution in [0.25, 0.3) is 0 Å². The van der Waals surface area contributed by atoms with Crippen LogP contribution < -0.4 is 0 Å². The Kier molecular flexibility index (Phi) is 4.34. The largest absolute Gasteiger partial charge is 0.466 e. The van der Waals surface area contributed by atoms with Crippen LogP contribution in [0.3, 0.4) is 0 Å². The van der Waals surface area contributed by atoms with Crippen LogP contribution in [0.2, 0.25) is 0 Å². The molecule has 0 spiro atoms. The van der Waals surface area contributed by atoms with Crippen molar-refractivity contribution >= 4 is 5.97 Å². The molecule has 4 nitrogen and oxygen atoms in total. The average Bonchev–Trinajstić information content (AvgIpc) is 2.63. The molecular formula is C11H18N2O2. The number of carbonyl (C=O) groups excluding carboxylic acids is 1. The van der Waals surface area contributed by atoms with Crippen molar-refractivity contribution in [2.24, 2.45) is 0 Å². The standard InChI is InChI=1S/C11H18N2O2/c1-4-15-11(14)6-5-9-7-10(8(2)3)13-12-9/h7-8H,4-6H2,1-3H3,(H,12,13). The molecule has 1 aromatic heterocycles. The summed E-state index contributed by atoms with van der Waals surface area (Å²) in [6.45, 7) is 6.43. The number of nitrogens with zero attached hydrogens (tertiary/aromatic N) is 1. The smallest absolute Gasteiger partial charge is 0.306 e. The van der Waals surface area contributed by atoms with Gasteiger partial charge in [0.25, 0.3) is 0 Å². The minimum Gasteiger partial charge on any atom is -0.466 e. The zero-order valence-corrected chi connectivity index (χ0v) is 9.54. The van der Waals surface area contributed by atoms with E-state index >= 15 is 0 Å². The molecule has 0 aliphatic heterocycles. The Labute approximate surface area is 90.0 Å². The summed E-state index contributed by atoms with van der Waals surface area (Å²) in [4.78, 5) is 11.1. The lowest BCUT2D eigenvalue weighted by Crippen LogP contribution is -2.05. The van der Waals surface area contributed by atoms with Gasteiger partial charge in [-0.2, -0.15) is 5.10 Å². The minimum absolute atomic E-state index is 0.154. The SMILES string of the molecule is CCOC(=O)CCc1cc(C(C)C)n[nH]1. The van der Waals surface area contributed by atoms with Gasteiger partial charge in [0.2, 0.25) is 0 Å². The predicted octanol–water partition coefficient (Wildman–Crippen LogP) is 2.03. The fraction of sp³-hybridized carbons (Fsp3) is 0.636. The third-order valence-corrected chi connectivity index (χ3v) is 2.15. The molecule has 84 valence electrons. The highest BCUT2D eigenvalue weighted by Crippen LogP contribution is 2.12. The number of carbonyl (C=O) groups is 1. The maximum Gasteiger partial charge on any atom is 0.306 e. The van der Waals surface area contributed by atoms with Gasteiger partial charge in [-0.1, -0.05) is 13.8 Å². The Balaban J connectivity index is 2.41. The van der Waals surface area contributed by atoms with Gasteiger partial charge >= 0.3 is 5.97 Å². The Bertz CT molecular complexity index is 318. The van der Waals surface area contributed by atoms with Crippen molar-refractivity contribution in [1.29, 1.82) is 0 Å². The molecule has 0 atom stereocenters. The minimum atomic E-state index is -0.154. The highest BCUT2D eigenvalue weighted by molar-refractivity contribution is 5.69. The van der Waals surface area contributed by atoms with Crippen molar-refractivity contribution in [2.75, 3.05) is 6.61 Å². The quantitative estimate of drug-likeness (QED) is 0.756. The van der Waals surface area contributed by atoms with Crippen LogP contribution in [-0.2, 0) is 16.0 Å². The molecule has 0 amide bonds. The zero-order chi connectivity index (χ0) is 11.3. The molecule has 0 saturated heterocycles. The van der Waals surface area contributed by atoms with Crippen molar-refractivity contribution in [3.63, 3.8) is 0 Å². The lowest BCUT2D eigenvalue weighted by atomic mass is 10.1. The predicted molar refractivity (Wildman–Crippen MR) is 57.6 cm³/mol. The second-order valence-corrected chi connectivity index (χ2v) is 3.78. The molecule has 0 radical (unpaired) electrons. The summed E-state index contributed by atoms with van der Waals surface area (Å²) in [5.41, 5.74) is 2.03. The lowest BCUT2D eigenvalue weighted by Gasteiger charge is -1.99. The maximum atomic E-state index is 11.1. The number of hydrogen-bond donors (Lipinski definition) is 1. The van der Waals surface area contributed by atoms with Crippen molar-refractivity contribution in [3.05, 3.63) is 17.5 Å². The summed E-state index contributed by atoms with van der Waals surface area (Å²) < 4.78 is 4.84. The van der Waals surface area contributed by atoms with Gasteiger partial charge in [0.15, 0.2) is 0 Å². The highest BCUT2D eigenvalue weighted by Gasteiger charge is 2.07. The molecule has 1 heterocycles. The first kappa shape index (κ1) is 11.8. The molecule has 0 unspecified atom stereocenters. The van der Waals surface area contributed by atoms with Gasteiger partial charge in [-0.25, -0.2) is 0 Å². The number of ether oxygens (including phenoxy) is 1. The van der Waals surface area contributed by atoms with E-state index in [1.807, 2.05) is 13.0 Å². The number of nitrogens with one attached hydrogen (secondary N) is 1. The molecule has 0 fully saturated rings. The molecule has 15 heavy (non-hydrogen) atoms. The van der Waals surface area contributed by atoms with E-state index in [4.69, 9.17) is 4.74 Å². The van der Waals surface area contributed by atoms with Crippen molar-refractivity contribution in [3.8, 4) is 0 Å².